The molecule has 6 atom stereocenters. The predicted octanol–water partition coefficient (Wildman–Crippen LogP) is 5.30. The Morgan fingerprint density at radius 1 is 1.02 bits per heavy atom. The van der Waals surface area contributed by atoms with Crippen LogP contribution in [-0.2, 0) is 36.1 Å². The van der Waals surface area contributed by atoms with Gasteiger partial charge in [-0.15, -0.1) is 0 Å². The number of nitrogens with one attached hydrogen (secondary N) is 1. The minimum atomic E-state index is -3.97. The molecule has 2 saturated heterocycles. The van der Waals surface area contributed by atoms with Crippen LogP contribution in [0, 0.1) is 17.8 Å². The zero-order valence-electron chi connectivity index (χ0n) is 33.2. The van der Waals surface area contributed by atoms with Gasteiger partial charge in [-0.2, -0.15) is 0 Å². The number of piperazine rings is 1. The van der Waals surface area contributed by atoms with Crippen molar-refractivity contribution < 1.29 is 32.2 Å². The van der Waals surface area contributed by atoms with Crippen LogP contribution in [-0.4, -0.2) is 127 Å². The number of methoxy groups -OCH3 is 1. The van der Waals surface area contributed by atoms with Gasteiger partial charge in [0.25, 0.3) is 5.91 Å². The van der Waals surface area contributed by atoms with Gasteiger partial charge in [0.05, 0.1) is 50.0 Å². The Bertz CT molecular complexity index is 1880. The molecule has 1 spiro atoms. The van der Waals surface area contributed by atoms with Crippen molar-refractivity contribution in [2.45, 2.75) is 74.7 Å². The van der Waals surface area contributed by atoms with Gasteiger partial charge >= 0.3 is 0 Å². The van der Waals surface area contributed by atoms with Crippen LogP contribution < -0.4 is 14.4 Å². The fourth-order valence-corrected chi connectivity index (χ4v) is 11.7. The van der Waals surface area contributed by atoms with E-state index in [0.29, 0.717) is 63.2 Å². The highest BCUT2D eigenvalue weighted by atomic mass is 35.5. The highest BCUT2D eigenvalue weighted by Gasteiger charge is 2.50. The number of halogens is 1. The number of carbonyl (C=O) groups excluding carboxylic acids is 1. The zero-order chi connectivity index (χ0) is 39.1. The number of hydrogen-bond acceptors (Lipinski definition) is 10. The average molecular weight is 811 g/mol. The van der Waals surface area contributed by atoms with Crippen LogP contribution in [0.25, 0.3) is 0 Å². The summed E-state index contributed by atoms with van der Waals surface area (Å²) in [6.45, 7) is 12.8. The van der Waals surface area contributed by atoms with Crippen molar-refractivity contribution in [3.63, 3.8) is 0 Å². The molecule has 3 fully saturated rings. The van der Waals surface area contributed by atoms with E-state index in [1.54, 1.807) is 13.0 Å². The summed E-state index contributed by atoms with van der Waals surface area (Å²) in [5, 5.41) is -0.0454. The van der Waals surface area contributed by atoms with E-state index in [9.17, 15) is 13.2 Å². The van der Waals surface area contributed by atoms with Crippen molar-refractivity contribution in [2.75, 3.05) is 90.9 Å². The summed E-state index contributed by atoms with van der Waals surface area (Å²) in [6.07, 6.45) is 10.0. The van der Waals surface area contributed by atoms with E-state index < -0.39 is 26.8 Å². The fraction of sp³-hybridized carbons (Fsp3) is 0.651. The molecule has 2 aromatic carbocycles. The minimum Gasteiger partial charge on any atom is -0.490 e. The van der Waals surface area contributed by atoms with E-state index in [1.807, 2.05) is 32.2 Å². The van der Waals surface area contributed by atoms with Gasteiger partial charge in [0, 0.05) is 68.9 Å². The van der Waals surface area contributed by atoms with Crippen molar-refractivity contribution in [3.8, 4) is 5.75 Å². The smallest absolute Gasteiger partial charge is 0.264 e. The number of anilines is 1. The van der Waals surface area contributed by atoms with E-state index in [4.69, 9.17) is 30.5 Å². The predicted molar refractivity (Wildman–Crippen MR) is 218 cm³/mol. The topological polar surface area (TPSA) is 110 Å². The summed E-state index contributed by atoms with van der Waals surface area (Å²) in [5.74, 6) is 0.415. The minimum absolute atomic E-state index is 0.232. The normalized spacial score (nSPS) is 33.9. The monoisotopic (exact) mass is 810 g/mol. The number of rotatable bonds is 4. The highest BCUT2D eigenvalue weighted by molar-refractivity contribution is 7.90. The van der Waals surface area contributed by atoms with Crippen molar-refractivity contribution >= 4 is 33.2 Å². The third-order valence-electron chi connectivity index (χ3n) is 14.0. The summed E-state index contributed by atoms with van der Waals surface area (Å²) in [6, 6.07) is 11.9. The molecule has 0 unspecified atom stereocenters. The van der Waals surface area contributed by atoms with E-state index in [1.165, 1.54) is 11.1 Å². The van der Waals surface area contributed by atoms with Gasteiger partial charge < -0.3 is 23.8 Å². The maximum atomic E-state index is 13.7. The molecule has 56 heavy (non-hydrogen) atoms. The van der Waals surface area contributed by atoms with Crippen molar-refractivity contribution in [2.24, 2.45) is 17.8 Å². The first-order chi connectivity index (χ1) is 27.0. The van der Waals surface area contributed by atoms with Crippen LogP contribution in [0.1, 0.15) is 67.4 Å². The van der Waals surface area contributed by atoms with Crippen molar-refractivity contribution in [3.05, 3.63) is 70.3 Å². The molecule has 306 valence electrons. The lowest BCUT2D eigenvalue weighted by Gasteiger charge is -2.52. The summed E-state index contributed by atoms with van der Waals surface area (Å²) >= 11 is 6.52. The Morgan fingerprint density at radius 3 is 2.54 bits per heavy atom. The number of carbonyl (C=O) groups is 1. The quantitative estimate of drug-likeness (QED) is 0.409. The number of sulfonamides is 1. The maximum Gasteiger partial charge on any atom is 0.264 e. The molecule has 6 aliphatic rings. The molecule has 1 saturated carbocycles. The number of nitrogens with zero attached hydrogens (tertiary/aromatic N) is 3. The van der Waals surface area contributed by atoms with Crippen LogP contribution in [0.5, 0.6) is 5.75 Å². The third-order valence-corrected chi connectivity index (χ3v) is 16.1. The van der Waals surface area contributed by atoms with Gasteiger partial charge in [-0.3, -0.25) is 14.6 Å². The second-order valence-electron chi connectivity index (χ2n) is 17.3. The number of aryl methyl sites for hydroxylation is 1. The number of amides is 1. The lowest BCUT2D eigenvalue weighted by atomic mass is 9.63. The Hall–Kier alpha value is -2.71. The molecule has 1 amide bonds. The number of fused-ring (bicyclic) bond motifs is 4. The van der Waals surface area contributed by atoms with Gasteiger partial charge in [0.1, 0.15) is 11.4 Å². The standard InChI is InChI=1S/C43H59ClN4O7S/c1-30-6-4-15-43(52-3,28-46-16-18-47(19-17-46)36-25-53-20-21-54-26-36)38-11-8-34(38)24-48-27-42(14-5-7-32-22-35(44)10-12-37(32)42)29-55-40-13-9-33(23-39(40)48)41(49)45-56(50,51)31(30)2/h4,9-10,12-13,15,22-23,30-31,34,36,38H,5-8,11,14,16-21,24-29H2,1-3H3,(H,45,49)/b15-4+/t30-,31+,34-,38+,42-,43-/m0/s1. The zero-order valence-corrected chi connectivity index (χ0v) is 34.8. The van der Waals surface area contributed by atoms with Crippen molar-refractivity contribution in [1.29, 1.82) is 0 Å². The third kappa shape index (κ3) is 8.01. The Morgan fingerprint density at radius 2 is 1.80 bits per heavy atom. The molecular weight excluding hydrogens is 752 g/mol. The van der Waals surface area contributed by atoms with Gasteiger partial charge in [0.15, 0.2) is 0 Å². The van der Waals surface area contributed by atoms with Gasteiger partial charge in [-0.25, -0.2) is 13.1 Å². The van der Waals surface area contributed by atoms with E-state index in [0.717, 1.165) is 82.1 Å². The molecule has 11 nitrogen and oxygen atoms in total. The van der Waals surface area contributed by atoms with Crippen LogP contribution in [0.15, 0.2) is 48.6 Å². The molecule has 4 aliphatic heterocycles. The second kappa shape index (κ2) is 16.5. The molecule has 2 aliphatic carbocycles. The van der Waals surface area contributed by atoms with Crippen LogP contribution in [0.2, 0.25) is 5.02 Å². The molecule has 2 aromatic rings. The lowest BCUT2D eigenvalue weighted by molar-refractivity contribution is -0.0974. The van der Waals surface area contributed by atoms with Crippen molar-refractivity contribution in [1.82, 2.24) is 14.5 Å². The summed E-state index contributed by atoms with van der Waals surface area (Å²) in [5.41, 5.74) is 2.84. The molecule has 0 aromatic heterocycles. The molecule has 0 radical (unpaired) electrons. The summed E-state index contributed by atoms with van der Waals surface area (Å²) in [4.78, 5) is 21.2. The summed E-state index contributed by atoms with van der Waals surface area (Å²) < 4.78 is 54.9. The molecule has 2 bridgehead atoms. The van der Waals surface area contributed by atoms with Crippen LogP contribution >= 0.6 is 11.6 Å². The highest BCUT2D eigenvalue weighted by Crippen LogP contribution is 2.49. The number of benzene rings is 2. The number of allylic oxidation sites excluding steroid dienone is 1. The Kier molecular flexibility index (Phi) is 11.8. The lowest BCUT2D eigenvalue weighted by Crippen LogP contribution is -2.60. The molecule has 4 heterocycles. The Balaban J connectivity index is 1.14. The molecule has 1 N–H and O–H groups in total. The maximum absolute atomic E-state index is 13.7. The van der Waals surface area contributed by atoms with E-state index in [2.05, 4.69) is 43.7 Å². The number of ether oxygens (including phenoxy) is 4. The van der Waals surface area contributed by atoms with E-state index >= 15 is 0 Å². The van der Waals surface area contributed by atoms with E-state index in [-0.39, 0.29) is 23.3 Å². The Labute approximate surface area is 338 Å². The first kappa shape index (κ1) is 40.1. The van der Waals surface area contributed by atoms with Gasteiger partial charge in [-0.05, 0) is 105 Å². The van der Waals surface area contributed by atoms with Gasteiger partial charge in [0.2, 0.25) is 10.0 Å². The summed E-state index contributed by atoms with van der Waals surface area (Å²) in [7, 11) is -2.12. The first-order valence-electron chi connectivity index (χ1n) is 20.7. The molecular formula is C43H59ClN4O7S. The first-order valence-corrected chi connectivity index (χ1v) is 22.6. The average Bonchev–Trinajstić information content (AvgIpc) is 3.54. The van der Waals surface area contributed by atoms with Gasteiger partial charge in [-0.1, -0.05) is 36.7 Å². The number of hydrogen-bond donors (Lipinski definition) is 1. The SMILES string of the molecule is CO[C@]1(CN2CCN(C3COCCOC3)CC2)/C=C/C[C@H](C)[C@@H](C)S(=O)(=O)NC(=O)c2ccc3c(c2)N(C[C@@H]2CC[C@H]21)C[C@@]1(CCCc2cc(Cl)ccc21)CO3. The largest absolute Gasteiger partial charge is 0.490 e. The molecule has 13 heteroatoms. The van der Waals surface area contributed by atoms with Crippen LogP contribution in [0.3, 0.4) is 0 Å². The fourth-order valence-electron chi connectivity index (χ4n) is 10.3. The van der Waals surface area contributed by atoms with Crippen LogP contribution in [0.4, 0.5) is 5.69 Å². The second-order valence-corrected chi connectivity index (χ2v) is 19.8. The molecule has 8 rings (SSSR count).